The van der Waals surface area contributed by atoms with Crippen LogP contribution in [0.1, 0.15) is 22.3 Å². The Morgan fingerprint density at radius 2 is 2.00 bits per heavy atom. The molecule has 3 rings (SSSR count). The quantitative estimate of drug-likeness (QED) is 0.887. The molecule has 0 bridgehead atoms. The molecule has 6 nitrogen and oxygen atoms in total. The maximum atomic E-state index is 12.2. The molecule has 1 aromatic carbocycles. The molecule has 1 atom stereocenters. The number of nitrogens with one attached hydrogen (secondary N) is 2. The van der Waals surface area contributed by atoms with Gasteiger partial charge in [0.15, 0.2) is 9.84 Å². The van der Waals surface area contributed by atoms with Gasteiger partial charge >= 0.3 is 0 Å². The van der Waals surface area contributed by atoms with E-state index in [0.29, 0.717) is 17.8 Å². The number of amides is 1. The van der Waals surface area contributed by atoms with Gasteiger partial charge in [-0.3, -0.25) is 4.79 Å². The third kappa shape index (κ3) is 3.91. The number of hydrogen-bond acceptors (Lipinski definition) is 5. The van der Waals surface area contributed by atoms with Gasteiger partial charge in [-0.05, 0) is 37.1 Å². The van der Waals surface area contributed by atoms with Gasteiger partial charge < -0.3 is 10.6 Å². The summed E-state index contributed by atoms with van der Waals surface area (Å²) in [5.41, 5.74) is 2.25. The molecule has 0 aliphatic carbocycles. The van der Waals surface area contributed by atoms with Crippen LogP contribution in [0.4, 0.5) is 11.5 Å². The largest absolute Gasteiger partial charge is 0.380 e. The van der Waals surface area contributed by atoms with Crippen molar-refractivity contribution in [3.05, 3.63) is 53.7 Å². The number of aryl methyl sites for hydroxylation is 1. The van der Waals surface area contributed by atoms with E-state index in [4.69, 9.17) is 0 Å². The number of anilines is 2. The van der Waals surface area contributed by atoms with Crippen LogP contribution < -0.4 is 10.6 Å². The van der Waals surface area contributed by atoms with E-state index in [1.807, 2.05) is 25.1 Å². The molecule has 1 aliphatic heterocycles. The zero-order valence-corrected chi connectivity index (χ0v) is 14.1. The predicted molar refractivity (Wildman–Crippen MR) is 94.1 cm³/mol. The molecule has 126 valence electrons. The van der Waals surface area contributed by atoms with Crippen LogP contribution in [0.25, 0.3) is 0 Å². The van der Waals surface area contributed by atoms with Crippen LogP contribution >= 0.6 is 0 Å². The van der Waals surface area contributed by atoms with Crippen molar-refractivity contribution in [2.45, 2.75) is 19.4 Å². The summed E-state index contributed by atoms with van der Waals surface area (Å²) in [5.74, 6) is 0.623. The van der Waals surface area contributed by atoms with Gasteiger partial charge in [0.25, 0.3) is 5.91 Å². The van der Waals surface area contributed by atoms with Gasteiger partial charge in [-0.1, -0.05) is 18.2 Å². The van der Waals surface area contributed by atoms with Crippen LogP contribution in [0.15, 0.2) is 42.6 Å². The molecule has 1 aromatic heterocycles. The summed E-state index contributed by atoms with van der Waals surface area (Å²) in [7, 11) is -2.91. The summed E-state index contributed by atoms with van der Waals surface area (Å²) in [5, 5.41) is 5.92. The molecule has 0 radical (unpaired) electrons. The summed E-state index contributed by atoms with van der Waals surface area (Å²) in [6.45, 7) is 1.88. The molecule has 24 heavy (non-hydrogen) atoms. The van der Waals surface area contributed by atoms with Crippen LogP contribution in [0.5, 0.6) is 0 Å². The summed E-state index contributed by atoms with van der Waals surface area (Å²) in [6.07, 6.45) is 2.20. The van der Waals surface area contributed by atoms with E-state index >= 15 is 0 Å². The molecule has 2 N–H and O–H groups in total. The number of aromatic nitrogens is 1. The van der Waals surface area contributed by atoms with Crippen LogP contribution in [-0.2, 0) is 9.84 Å². The zero-order chi connectivity index (χ0) is 17.2. The molecule has 1 amide bonds. The number of carbonyl (C=O) groups is 1. The van der Waals surface area contributed by atoms with E-state index in [9.17, 15) is 13.2 Å². The van der Waals surface area contributed by atoms with Crippen LogP contribution in [-0.4, -0.2) is 36.9 Å². The molecular weight excluding hydrogens is 326 g/mol. The van der Waals surface area contributed by atoms with Gasteiger partial charge in [0.1, 0.15) is 5.82 Å². The van der Waals surface area contributed by atoms with Crippen molar-refractivity contribution in [3.8, 4) is 0 Å². The highest BCUT2D eigenvalue weighted by Crippen LogP contribution is 2.18. The Hall–Kier alpha value is -2.41. The summed E-state index contributed by atoms with van der Waals surface area (Å²) in [4.78, 5) is 16.4. The Kier molecular flexibility index (Phi) is 4.53. The van der Waals surface area contributed by atoms with Gasteiger partial charge in [-0.2, -0.15) is 0 Å². The van der Waals surface area contributed by atoms with Gasteiger partial charge in [-0.15, -0.1) is 0 Å². The van der Waals surface area contributed by atoms with Crippen molar-refractivity contribution in [2.24, 2.45) is 0 Å². The molecule has 2 heterocycles. The highest BCUT2D eigenvalue weighted by molar-refractivity contribution is 7.91. The lowest BCUT2D eigenvalue weighted by atomic mass is 10.1. The number of sulfone groups is 1. The molecule has 1 fully saturated rings. The lowest BCUT2D eigenvalue weighted by Crippen LogP contribution is -2.20. The monoisotopic (exact) mass is 345 g/mol. The Labute approximate surface area is 141 Å². The predicted octanol–water partition coefficient (Wildman–Crippen LogP) is 2.24. The fraction of sp³-hybridized carbons (Fsp3) is 0.294. The van der Waals surface area contributed by atoms with Gasteiger partial charge in [0.05, 0.1) is 23.4 Å². The summed E-state index contributed by atoms with van der Waals surface area (Å²) >= 11 is 0. The average molecular weight is 345 g/mol. The lowest BCUT2D eigenvalue weighted by Gasteiger charge is -2.12. The molecule has 0 saturated carbocycles. The van der Waals surface area contributed by atoms with E-state index < -0.39 is 9.84 Å². The molecule has 1 saturated heterocycles. The van der Waals surface area contributed by atoms with Crippen molar-refractivity contribution in [1.82, 2.24) is 4.98 Å². The Balaban J connectivity index is 1.63. The second kappa shape index (κ2) is 6.60. The Bertz CT molecular complexity index is 848. The standard InChI is InChI=1S/C17H19N3O3S/c1-12-4-2-3-5-15(12)17(21)20-16-7-6-13(10-18-16)19-14-8-9-24(22,23)11-14/h2-7,10,14,19H,8-9,11H2,1H3,(H,18,20,21). The van der Waals surface area contributed by atoms with E-state index in [0.717, 1.165) is 11.3 Å². The fourth-order valence-electron chi connectivity index (χ4n) is 2.71. The number of hydrogen-bond donors (Lipinski definition) is 2. The van der Waals surface area contributed by atoms with Gasteiger partial charge in [-0.25, -0.2) is 13.4 Å². The van der Waals surface area contributed by atoms with E-state index in [2.05, 4.69) is 15.6 Å². The maximum absolute atomic E-state index is 12.2. The Morgan fingerprint density at radius 3 is 2.62 bits per heavy atom. The first kappa shape index (κ1) is 16.4. The molecule has 1 unspecified atom stereocenters. The Morgan fingerprint density at radius 1 is 1.21 bits per heavy atom. The molecule has 2 aromatic rings. The highest BCUT2D eigenvalue weighted by atomic mass is 32.2. The van der Waals surface area contributed by atoms with Gasteiger partial charge in [0.2, 0.25) is 0 Å². The number of pyridine rings is 1. The first-order valence-corrected chi connectivity index (χ1v) is 9.55. The number of carbonyl (C=O) groups excluding carboxylic acids is 1. The summed E-state index contributed by atoms with van der Waals surface area (Å²) in [6, 6.07) is 10.7. The fourth-order valence-corrected chi connectivity index (χ4v) is 4.38. The zero-order valence-electron chi connectivity index (χ0n) is 13.3. The first-order chi connectivity index (χ1) is 11.4. The van der Waals surface area contributed by atoms with E-state index in [1.165, 1.54) is 0 Å². The van der Waals surface area contributed by atoms with E-state index in [-0.39, 0.29) is 23.5 Å². The average Bonchev–Trinajstić information content (AvgIpc) is 2.88. The van der Waals surface area contributed by atoms with E-state index in [1.54, 1.807) is 24.4 Å². The minimum absolute atomic E-state index is 0.0794. The second-order valence-corrected chi connectivity index (χ2v) is 8.17. The minimum atomic E-state index is -2.91. The van der Waals surface area contributed by atoms with Crippen molar-refractivity contribution in [3.63, 3.8) is 0 Å². The molecule has 1 aliphatic rings. The van der Waals surface area contributed by atoms with Crippen molar-refractivity contribution >= 4 is 27.2 Å². The van der Waals surface area contributed by atoms with Crippen molar-refractivity contribution < 1.29 is 13.2 Å². The summed E-state index contributed by atoms with van der Waals surface area (Å²) < 4.78 is 22.9. The number of rotatable bonds is 4. The number of benzene rings is 1. The van der Waals surface area contributed by atoms with Gasteiger partial charge in [0, 0.05) is 11.6 Å². The lowest BCUT2D eigenvalue weighted by molar-refractivity contribution is 0.102. The first-order valence-electron chi connectivity index (χ1n) is 7.73. The SMILES string of the molecule is Cc1ccccc1C(=O)Nc1ccc(NC2CCS(=O)(=O)C2)cn1. The molecule has 7 heteroatoms. The minimum Gasteiger partial charge on any atom is -0.380 e. The normalized spacial score (nSPS) is 19.0. The topological polar surface area (TPSA) is 88.2 Å². The third-order valence-electron chi connectivity index (χ3n) is 4.00. The molecular formula is C17H19N3O3S. The van der Waals surface area contributed by atoms with Crippen LogP contribution in [0.3, 0.4) is 0 Å². The van der Waals surface area contributed by atoms with Crippen molar-refractivity contribution in [2.75, 3.05) is 22.1 Å². The second-order valence-electron chi connectivity index (χ2n) is 5.95. The smallest absolute Gasteiger partial charge is 0.257 e. The third-order valence-corrected chi connectivity index (χ3v) is 5.77. The maximum Gasteiger partial charge on any atom is 0.257 e. The highest BCUT2D eigenvalue weighted by Gasteiger charge is 2.27. The van der Waals surface area contributed by atoms with Crippen LogP contribution in [0, 0.1) is 6.92 Å². The molecule has 0 spiro atoms. The van der Waals surface area contributed by atoms with Crippen molar-refractivity contribution in [1.29, 1.82) is 0 Å². The van der Waals surface area contributed by atoms with Crippen LogP contribution in [0.2, 0.25) is 0 Å². The number of nitrogens with zero attached hydrogens (tertiary/aromatic N) is 1.